The third kappa shape index (κ3) is 4.21. The van der Waals surface area contributed by atoms with Gasteiger partial charge in [-0.05, 0) is 35.4 Å². The van der Waals surface area contributed by atoms with Gasteiger partial charge in [0, 0.05) is 18.2 Å². The van der Waals surface area contributed by atoms with Crippen molar-refractivity contribution in [2.24, 2.45) is 0 Å². The molecule has 0 fully saturated rings. The van der Waals surface area contributed by atoms with Crippen molar-refractivity contribution in [3.63, 3.8) is 0 Å². The van der Waals surface area contributed by atoms with Gasteiger partial charge in [0.1, 0.15) is 51.7 Å². The molecule has 2 heterocycles. The number of ether oxygens (including phenoxy) is 2. The van der Waals surface area contributed by atoms with Gasteiger partial charge in [-0.3, -0.25) is 9.59 Å². The first-order chi connectivity index (χ1) is 20.4. The van der Waals surface area contributed by atoms with Crippen LogP contribution in [0.25, 0.3) is 0 Å². The number of phenols is 8. The summed E-state index contributed by atoms with van der Waals surface area (Å²) >= 11 is 0. The fraction of sp³-hybridized carbons (Fsp3) is 0.133. The molecule has 0 bridgehead atoms. The molecule has 4 aromatic rings. The SMILES string of the molecule is O=C1c2c(O)cc(O)cc2O[C@H](c2ccc(O)c(O)c2)[C@H]1c1c(O)cc(O)c2c1O[C@H](c1ccc(O)c(O)c1)[C@@H](O)C2=O. The number of fused-ring (bicyclic) bond motifs is 2. The maximum Gasteiger partial charge on any atom is 0.202 e. The van der Waals surface area contributed by atoms with Crippen molar-refractivity contribution >= 4 is 11.6 Å². The van der Waals surface area contributed by atoms with Gasteiger partial charge in [0.25, 0.3) is 0 Å². The quantitative estimate of drug-likeness (QED) is 0.156. The zero-order valence-electron chi connectivity index (χ0n) is 21.7. The number of phenolic OH excluding ortho intramolecular Hbond substituents is 8. The Morgan fingerprint density at radius 3 is 1.72 bits per heavy atom. The molecule has 13 heteroatoms. The van der Waals surface area contributed by atoms with Gasteiger partial charge < -0.3 is 55.4 Å². The fourth-order valence-corrected chi connectivity index (χ4v) is 5.44. The van der Waals surface area contributed by atoms with Crippen LogP contribution in [-0.4, -0.2) is 63.6 Å². The normalized spacial score (nSPS) is 21.0. The Labute approximate surface area is 240 Å². The van der Waals surface area contributed by atoms with Crippen LogP contribution in [0.3, 0.4) is 0 Å². The summed E-state index contributed by atoms with van der Waals surface area (Å²) in [4.78, 5) is 27.5. The van der Waals surface area contributed by atoms with Crippen LogP contribution < -0.4 is 9.47 Å². The van der Waals surface area contributed by atoms with Gasteiger partial charge in [0.15, 0.2) is 41.0 Å². The smallest absolute Gasteiger partial charge is 0.202 e. The Balaban J connectivity index is 1.60. The number of aliphatic hydroxyl groups excluding tert-OH is 1. The van der Waals surface area contributed by atoms with E-state index in [1.807, 2.05) is 0 Å². The van der Waals surface area contributed by atoms with Crippen LogP contribution in [0.4, 0.5) is 0 Å². The minimum Gasteiger partial charge on any atom is -0.508 e. The Kier molecular flexibility index (Phi) is 6.13. The Hall–Kier alpha value is -5.82. The molecular weight excluding hydrogens is 568 g/mol. The van der Waals surface area contributed by atoms with Gasteiger partial charge >= 0.3 is 0 Å². The maximum atomic E-state index is 14.1. The van der Waals surface area contributed by atoms with E-state index < -0.39 is 104 Å². The average molecular weight is 590 g/mol. The van der Waals surface area contributed by atoms with Gasteiger partial charge in [-0.25, -0.2) is 0 Å². The summed E-state index contributed by atoms with van der Waals surface area (Å²) in [5.74, 6) is -9.20. The summed E-state index contributed by atoms with van der Waals surface area (Å²) in [6, 6.07) is 9.57. The molecule has 2 aliphatic heterocycles. The number of hydrogen-bond donors (Lipinski definition) is 9. The van der Waals surface area contributed by atoms with Crippen molar-refractivity contribution in [1.29, 1.82) is 0 Å². The average Bonchev–Trinajstić information content (AvgIpc) is 2.93. The molecule has 0 unspecified atom stereocenters. The molecule has 0 saturated carbocycles. The van der Waals surface area contributed by atoms with Gasteiger partial charge in [0.2, 0.25) is 5.78 Å². The third-order valence-corrected chi connectivity index (χ3v) is 7.44. The molecular formula is C30H22O13. The van der Waals surface area contributed by atoms with E-state index in [0.717, 1.165) is 42.5 Å². The van der Waals surface area contributed by atoms with Gasteiger partial charge in [-0.15, -0.1) is 0 Å². The monoisotopic (exact) mass is 590 g/mol. The molecule has 0 saturated heterocycles. The molecule has 220 valence electrons. The van der Waals surface area contributed by atoms with Crippen LogP contribution in [0.15, 0.2) is 54.6 Å². The molecule has 0 aromatic heterocycles. The van der Waals surface area contributed by atoms with Gasteiger partial charge in [-0.2, -0.15) is 0 Å². The predicted octanol–water partition coefficient (Wildman–Crippen LogP) is 3.11. The number of rotatable bonds is 3. The van der Waals surface area contributed by atoms with Crippen molar-refractivity contribution in [3.05, 3.63) is 82.4 Å². The molecule has 2 aliphatic rings. The second-order valence-electron chi connectivity index (χ2n) is 10.1. The van der Waals surface area contributed by atoms with Crippen LogP contribution in [0.1, 0.15) is 55.5 Å². The first-order valence-electron chi connectivity index (χ1n) is 12.7. The lowest BCUT2D eigenvalue weighted by Crippen LogP contribution is -2.38. The summed E-state index contributed by atoms with van der Waals surface area (Å²) < 4.78 is 12.0. The second-order valence-corrected chi connectivity index (χ2v) is 10.1. The van der Waals surface area contributed by atoms with E-state index in [4.69, 9.17) is 9.47 Å². The van der Waals surface area contributed by atoms with Crippen molar-refractivity contribution in [2.45, 2.75) is 24.2 Å². The highest BCUT2D eigenvalue weighted by molar-refractivity contribution is 6.10. The number of benzene rings is 4. The summed E-state index contributed by atoms with van der Waals surface area (Å²) in [6.45, 7) is 0. The first-order valence-corrected chi connectivity index (χ1v) is 12.7. The molecule has 0 spiro atoms. The van der Waals surface area contributed by atoms with Crippen LogP contribution in [-0.2, 0) is 0 Å². The van der Waals surface area contributed by atoms with Crippen molar-refractivity contribution in [2.75, 3.05) is 0 Å². The summed E-state index contributed by atoms with van der Waals surface area (Å²) in [5, 5.41) is 93.0. The lowest BCUT2D eigenvalue weighted by atomic mass is 9.78. The summed E-state index contributed by atoms with van der Waals surface area (Å²) in [6.07, 6.45) is -4.94. The number of Topliss-reactive ketones (excluding diaryl/α,β-unsaturated/α-hetero) is 2. The molecule has 9 N–H and O–H groups in total. The summed E-state index contributed by atoms with van der Waals surface area (Å²) in [7, 11) is 0. The van der Waals surface area contributed by atoms with Crippen molar-refractivity contribution < 1.29 is 65.0 Å². The van der Waals surface area contributed by atoms with Crippen LogP contribution >= 0.6 is 0 Å². The van der Waals surface area contributed by atoms with E-state index in [0.29, 0.717) is 0 Å². The molecule has 4 atom stereocenters. The standard InChI is InChI=1S/C30H22O13/c31-12-7-17(36)21-20(8-12)42-28(10-1-3-13(32)15(34)5-10)24(25(21)39)22-18(37)9-19(38)23-26(40)27(41)29(43-30(22)23)11-2-4-14(33)16(35)6-11/h1-9,24,27-29,31-38,41H/t24-,27-,28+,29+/m0/s1. The lowest BCUT2D eigenvalue weighted by Gasteiger charge is -2.37. The highest BCUT2D eigenvalue weighted by Crippen LogP contribution is 2.55. The Morgan fingerprint density at radius 2 is 1.12 bits per heavy atom. The maximum absolute atomic E-state index is 14.1. The zero-order valence-corrected chi connectivity index (χ0v) is 21.7. The number of carbonyl (C=O) groups is 2. The van der Waals surface area contributed by atoms with E-state index in [-0.39, 0.29) is 16.9 Å². The number of aromatic hydroxyl groups is 8. The first kappa shape index (κ1) is 27.4. The van der Waals surface area contributed by atoms with Crippen molar-refractivity contribution in [3.8, 4) is 57.5 Å². The largest absolute Gasteiger partial charge is 0.508 e. The number of hydrogen-bond acceptors (Lipinski definition) is 13. The third-order valence-electron chi connectivity index (χ3n) is 7.44. The molecule has 6 rings (SSSR count). The predicted molar refractivity (Wildman–Crippen MR) is 143 cm³/mol. The van der Waals surface area contributed by atoms with Crippen LogP contribution in [0.2, 0.25) is 0 Å². The Bertz CT molecular complexity index is 1850. The minimum atomic E-state index is -1.93. The molecule has 0 amide bonds. The Morgan fingerprint density at radius 1 is 0.535 bits per heavy atom. The van der Waals surface area contributed by atoms with E-state index in [1.54, 1.807) is 0 Å². The molecule has 43 heavy (non-hydrogen) atoms. The highest BCUT2D eigenvalue weighted by Gasteiger charge is 2.48. The molecule has 13 nitrogen and oxygen atoms in total. The number of ketones is 2. The highest BCUT2D eigenvalue weighted by atomic mass is 16.5. The van der Waals surface area contributed by atoms with E-state index in [2.05, 4.69) is 0 Å². The zero-order chi connectivity index (χ0) is 30.9. The topological polar surface area (TPSA) is 235 Å². The molecule has 0 aliphatic carbocycles. The van der Waals surface area contributed by atoms with Crippen molar-refractivity contribution in [1.82, 2.24) is 0 Å². The van der Waals surface area contributed by atoms with E-state index in [1.165, 1.54) is 12.1 Å². The number of carbonyl (C=O) groups excluding carboxylic acids is 2. The van der Waals surface area contributed by atoms with Gasteiger partial charge in [-0.1, -0.05) is 12.1 Å². The minimum absolute atomic E-state index is 0.0141. The number of aliphatic hydroxyl groups is 1. The summed E-state index contributed by atoms with van der Waals surface area (Å²) in [5.41, 5.74) is -1.29. The van der Waals surface area contributed by atoms with E-state index >= 15 is 0 Å². The van der Waals surface area contributed by atoms with Gasteiger partial charge in [0.05, 0.1) is 11.5 Å². The fourth-order valence-electron chi connectivity index (χ4n) is 5.44. The second kappa shape index (κ2) is 9.63. The van der Waals surface area contributed by atoms with Crippen LogP contribution in [0.5, 0.6) is 57.5 Å². The lowest BCUT2D eigenvalue weighted by molar-refractivity contribution is 0.0196. The molecule has 0 radical (unpaired) electrons. The van der Waals surface area contributed by atoms with E-state index in [9.17, 15) is 55.5 Å². The molecule has 4 aromatic carbocycles. The van der Waals surface area contributed by atoms with Crippen LogP contribution in [0, 0.1) is 0 Å².